The summed E-state index contributed by atoms with van der Waals surface area (Å²) in [4.78, 5) is 23.4. The maximum Gasteiger partial charge on any atom is 0.328 e. The zero-order chi connectivity index (χ0) is 15.2. The predicted molar refractivity (Wildman–Crippen MR) is 73.6 cm³/mol. The number of furan rings is 1. The van der Waals surface area contributed by atoms with Crippen molar-refractivity contribution in [2.45, 2.75) is 26.4 Å². The molecule has 1 amide bonds. The number of aromatic nitrogens is 2. The molecule has 1 atom stereocenters. The number of hydrogen-bond donors (Lipinski definition) is 1. The largest absolute Gasteiger partial charge is 0.464 e. The van der Waals surface area contributed by atoms with Crippen LogP contribution in [-0.4, -0.2) is 34.3 Å². The van der Waals surface area contributed by atoms with Gasteiger partial charge in [0, 0.05) is 12.4 Å². The first-order valence-electron chi connectivity index (χ1n) is 6.63. The first-order valence-corrected chi connectivity index (χ1v) is 6.63. The van der Waals surface area contributed by atoms with Crippen molar-refractivity contribution in [3.63, 3.8) is 0 Å². The molecule has 0 spiro atoms. The lowest BCUT2D eigenvalue weighted by Gasteiger charge is -2.11. The van der Waals surface area contributed by atoms with Crippen LogP contribution in [0.25, 0.3) is 0 Å². The van der Waals surface area contributed by atoms with E-state index >= 15 is 0 Å². The van der Waals surface area contributed by atoms with E-state index in [2.05, 4.69) is 10.4 Å². The van der Waals surface area contributed by atoms with E-state index in [0.29, 0.717) is 12.3 Å². The third-order valence-electron chi connectivity index (χ3n) is 2.75. The second kappa shape index (κ2) is 6.74. The Kier molecular flexibility index (Phi) is 4.76. The number of amides is 1. The molecular formula is C14H17N3O4. The average Bonchev–Trinajstić information content (AvgIpc) is 3.11. The fraction of sp³-hybridized carbons (Fsp3) is 0.357. The van der Waals surface area contributed by atoms with Crippen molar-refractivity contribution in [2.24, 2.45) is 0 Å². The van der Waals surface area contributed by atoms with Crippen LogP contribution < -0.4 is 5.32 Å². The summed E-state index contributed by atoms with van der Waals surface area (Å²) in [7, 11) is 0. The van der Waals surface area contributed by atoms with Gasteiger partial charge in [0.2, 0.25) is 0 Å². The Bertz CT molecular complexity index is 604. The number of carbonyl (C=O) groups excluding carboxylic acids is 2. The molecule has 2 aromatic rings. The van der Waals surface area contributed by atoms with E-state index in [1.54, 1.807) is 49.1 Å². The van der Waals surface area contributed by atoms with Crippen molar-refractivity contribution in [1.29, 1.82) is 0 Å². The van der Waals surface area contributed by atoms with Gasteiger partial charge >= 0.3 is 5.97 Å². The van der Waals surface area contributed by atoms with Crippen LogP contribution in [0.2, 0.25) is 0 Å². The van der Waals surface area contributed by atoms with Crippen molar-refractivity contribution in [1.82, 2.24) is 15.1 Å². The smallest absolute Gasteiger partial charge is 0.328 e. The topological polar surface area (TPSA) is 86.4 Å². The van der Waals surface area contributed by atoms with Crippen LogP contribution in [0.1, 0.15) is 30.2 Å². The zero-order valence-electron chi connectivity index (χ0n) is 11.9. The third kappa shape index (κ3) is 3.95. The van der Waals surface area contributed by atoms with Gasteiger partial charge in [-0.2, -0.15) is 5.10 Å². The maximum absolute atomic E-state index is 11.9. The summed E-state index contributed by atoms with van der Waals surface area (Å²) < 4.78 is 11.9. The van der Waals surface area contributed by atoms with Crippen LogP contribution in [0, 0.1) is 0 Å². The van der Waals surface area contributed by atoms with Gasteiger partial charge in [-0.1, -0.05) is 0 Å². The number of nitrogens with one attached hydrogen (secondary N) is 1. The Morgan fingerprint density at radius 2 is 2.29 bits per heavy atom. The van der Waals surface area contributed by atoms with Gasteiger partial charge in [0.05, 0.1) is 13.2 Å². The monoisotopic (exact) mass is 291 g/mol. The predicted octanol–water partition coefficient (Wildman–Crippen LogP) is 1.21. The van der Waals surface area contributed by atoms with E-state index in [1.807, 2.05) is 0 Å². The van der Waals surface area contributed by atoms with Crippen LogP contribution >= 0.6 is 0 Å². The first kappa shape index (κ1) is 14.8. The molecule has 7 heteroatoms. The number of ether oxygens (including phenoxy) is 1. The van der Waals surface area contributed by atoms with Gasteiger partial charge in [-0.3, -0.25) is 9.48 Å². The quantitative estimate of drug-likeness (QED) is 0.808. The van der Waals surface area contributed by atoms with E-state index in [4.69, 9.17) is 9.15 Å². The lowest BCUT2D eigenvalue weighted by molar-refractivity contribution is -0.144. The Morgan fingerprint density at radius 1 is 1.48 bits per heavy atom. The molecule has 0 saturated heterocycles. The summed E-state index contributed by atoms with van der Waals surface area (Å²) in [5.41, 5.74) is 0. The van der Waals surface area contributed by atoms with E-state index in [-0.39, 0.29) is 12.4 Å². The van der Waals surface area contributed by atoms with Crippen LogP contribution in [-0.2, 0) is 16.1 Å². The molecule has 21 heavy (non-hydrogen) atoms. The molecule has 0 aliphatic heterocycles. The zero-order valence-corrected chi connectivity index (χ0v) is 11.9. The first-order chi connectivity index (χ1) is 10.1. The lowest BCUT2D eigenvalue weighted by atomic mass is 10.3. The molecule has 0 bridgehead atoms. The standard InChI is InChI=1S/C14H17N3O4/c1-3-20-14(19)10(2)16-13(18)12-6-5-11(21-12)9-17-8-4-7-15-17/h4-8,10H,3,9H2,1-2H3,(H,16,18). The normalized spacial score (nSPS) is 11.9. The molecule has 0 radical (unpaired) electrons. The van der Waals surface area contributed by atoms with Crippen molar-refractivity contribution < 1.29 is 18.7 Å². The van der Waals surface area contributed by atoms with Crippen LogP contribution in [0.4, 0.5) is 0 Å². The van der Waals surface area contributed by atoms with E-state index in [9.17, 15) is 9.59 Å². The second-order valence-corrected chi connectivity index (χ2v) is 4.42. The fourth-order valence-electron chi connectivity index (χ4n) is 1.73. The summed E-state index contributed by atoms with van der Waals surface area (Å²) in [6.07, 6.45) is 3.46. The van der Waals surface area contributed by atoms with Gasteiger partial charge in [0.25, 0.3) is 5.91 Å². The van der Waals surface area contributed by atoms with Gasteiger partial charge in [0.1, 0.15) is 11.8 Å². The Morgan fingerprint density at radius 3 is 2.95 bits per heavy atom. The van der Waals surface area contributed by atoms with Crippen LogP contribution in [0.5, 0.6) is 0 Å². The molecule has 0 aliphatic carbocycles. The highest BCUT2D eigenvalue weighted by atomic mass is 16.5. The molecule has 7 nitrogen and oxygen atoms in total. The molecule has 0 fully saturated rings. The second-order valence-electron chi connectivity index (χ2n) is 4.42. The summed E-state index contributed by atoms with van der Waals surface area (Å²) in [5, 5.41) is 6.58. The summed E-state index contributed by atoms with van der Waals surface area (Å²) >= 11 is 0. The highest BCUT2D eigenvalue weighted by molar-refractivity contribution is 5.94. The van der Waals surface area contributed by atoms with Gasteiger partial charge in [-0.05, 0) is 32.0 Å². The highest BCUT2D eigenvalue weighted by Gasteiger charge is 2.19. The SMILES string of the molecule is CCOC(=O)C(C)NC(=O)c1ccc(Cn2cccn2)o1. The third-order valence-corrected chi connectivity index (χ3v) is 2.75. The summed E-state index contributed by atoms with van der Waals surface area (Å²) in [5.74, 6) is -0.183. The molecule has 0 aliphatic rings. The van der Waals surface area contributed by atoms with E-state index < -0.39 is 17.9 Å². The minimum Gasteiger partial charge on any atom is -0.464 e. The van der Waals surface area contributed by atoms with Crippen LogP contribution in [0.15, 0.2) is 35.0 Å². The highest BCUT2D eigenvalue weighted by Crippen LogP contribution is 2.09. The molecule has 2 rings (SSSR count). The molecule has 0 saturated carbocycles. The Balaban J connectivity index is 1.94. The molecule has 112 valence electrons. The van der Waals surface area contributed by atoms with Gasteiger partial charge in [-0.25, -0.2) is 4.79 Å². The minimum absolute atomic E-state index is 0.147. The van der Waals surface area contributed by atoms with Gasteiger partial charge < -0.3 is 14.5 Å². The van der Waals surface area contributed by atoms with Crippen molar-refractivity contribution in [3.8, 4) is 0 Å². The van der Waals surface area contributed by atoms with E-state index in [0.717, 1.165) is 0 Å². The van der Waals surface area contributed by atoms with Crippen molar-refractivity contribution >= 4 is 11.9 Å². The molecule has 2 heterocycles. The van der Waals surface area contributed by atoms with Crippen LogP contribution in [0.3, 0.4) is 0 Å². The van der Waals surface area contributed by atoms with Gasteiger partial charge in [0.15, 0.2) is 5.76 Å². The number of hydrogen-bond acceptors (Lipinski definition) is 5. The molecule has 0 aromatic carbocycles. The van der Waals surface area contributed by atoms with Gasteiger partial charge in [-0.15, -0.1) is 0 Å². The average molecular weight is 291 g/mol. The Labute approximate surface area is 121 Å². The molecule has 1 N–H and O–H groups in total. The summed E-state index contributed by atoms with van der Waals surface area (Å²) in [6.45, 7) is 3.98. The minimum atomic E-state index is -0.725. The summed E-state index contributed by atoms with van der Waals surface area (Å²) in [6, 6.07) is 4.34. The van der Waals surface area contributed by atoms with Crippen molar-refractivity contribution in [2.75, 3.05) is 6.61 Å². The molecular weight excluding hydrogens is 274 g/mol. The maximum atomic E-state index is 11.9. The number of nitrogens with zero attached hydrogens (tertiary/aromatic N) is 2. The molecule has 2 aromatic heterocycles. The van der Waals surface area contributed by atoms with Crippen molar-refractivity contribution in [3.05, 3.63) is 42.1 Å². The Hall–Kier alpha value is -2.57. The number of esters is 1. The number of rotatable bonds is 6. The lowest BCUT2D eigenvalue weighted by Crippen LogP contribution is -2.39. The number of carbonyl (C=O) groups is 2. The van der Waals surface area contributed by atoms with E-state index in [1.165, 1.54) is 0 Å². The molecule has 1 unspecified atom stereocenters. The fourth-order valence-corrected chi connectivity index (χ4v) is 1.73.